The normalized spacial score (nSPS) is 11.0. The summed E-state index contributed by atoms with van der Waals surface area (Å²) in [5.74, 6) is 0.864. The van der Waals surface area contributed by atoms with Crippen LogP contribution in [0.15, 0.2) is 11.4 Å². The van der Waals surface area contributed by atoms with Gasteiger partial charge in [-0.1, -0.05) is 11.8 Å². The van der Waals surface area contributed by atoms with E-state index in [1.54, 1.807) is 25.1 Å². The molecule has 98 valence electrons. The van der Waals surface area contributed by atoms with E-state index in [0.29, 0.717) is 6.61 Å². The molecule has 1 aromatic rings. The summed E-state index contributed by atoms with van der Waals surface area (Å²) in [4.78, 5) is 4.22. The number of hydrogen-bond acceptors (Lipinski definition) is 5. The molecule has 6 heteroatoms. The molecule has 1 heterocycles. The predicted molar refractivity (Wildman–Crippen MR) is 67.2 cm³/mol. The number of nitrogens with zero attached hydrogens (tertiary/aromatic N) is 2. The Balaban J connectivity index is 2.11. The summed E-state index contributed by atoms with van der Waals surface area (Å²) < 4.78 is 12.3. The summed E-state index contributed by atoms with van der Waals surface area (Å²) in [6.07, 6.45) is 2.63. The summed E-state index contributed by atoms with van der Waals surface area (Å²) in [6.45, 7) is 2.20. The molecule has 1 aromatic heterocycles. The van der Waals surface area contributed by atoms with E-state index in [1.165, 1.54) is 0 Å². The monoisotopic (exact) mass is 260 g/mol. The maximum Gasteiger partial charge on any atom is 0.168 e. The smallest absolute Gasteiger partial charge is 0.168 e. The third-order valence-electron chi connectivity index (χ3n) is 2.30. The summed E-state index contributed by atoms with van der Waals surface area (Å²) in [5.41, 5.74) is 0.827. The summed E-state index contributed by atoms with van der Waals surface area (Å²) in [5, 5.41) is 9.93. The second-order valence-electron chi connectivity index (χ2n) is 3.56. The van der Waals surface area contributed by atoms with Gasteiger partial charge in [-0.05, 0) is 6.42 Å². The number of aliphatic hydroxyl groups is 1. The molecule has 0 aliphatic heterocycles. The molecule has 0 aliphatic carbocycles. The fraction of sp³-hybridized carbons (Fsp3) is 0.727. The molecule has 0 amide bonds. The molecule has 0 atom stereocenters. The first-order valence-corrected chi connectivity index (χ1v) is 6.59. The molecule has 0 saturated heterocycles. The SMILES string of the molecule is COCCCOCCSc1ncc(CO)n1C. The van der Waals surface area contributed by atoms with Crippen LogP contribution in [0.3, 0.4) is 0 Å². The number of imidazole rings is 1. The molecular weight excluding hydrogens is 240 g/mol. The lowest BCUT2D eigenvalue weighted by Crippen LogP contribution is -2.03. The fourth-order valence-electron chi connectivity index (χ4n) is 1.31. The van der Waals surface area contributed by atoms with E-state index >= 15 is 0 Å². The molecule has 0 bridgehead atoms. The summed E-state index contributed by atoms with van der Waals surface area (Å²) in [6, 6.07) is 0. The zero-order valence-corrected chi connectivity index (χ0v) is 11.2. The van der Waals surface area contributed by atoms with Gasteiger partial charge in [0.1, 0.15) is 0 Å². The summed E-state index contributed by atoms with van der Waals surface area (Å²) >= 11 is 1.63. The fourth-order valence-corrected chi connectivity index (χ4v) is 2.13. The number of aromatic nitrogens is 2. The molecule has 0 fully saturated rings. The molecule has 0 saturated carbocycles. The average Bonchev–Trinajstić information content (AvgIpc) is 2.69. The van der Waals surface area contributed by atoms with Crippen molar-refractivity contribution in [2.24, 2.45) is 7.05 Å². The van der Waals surface area contributed by atoms with Crippen LogP contribution in [0.1, 0.15) is 12.1 Å². The predicted octanol–water partition coefficient (Wildman–Crippen LogP) is 1.06. The van der Waals surface area contributed by atoms with Crippen molar-refractivity contribution >= 4 is 11.8 Å². The van der Waals surface area contributed by atoms with E-state index in [1.807, 2.05) is 11.6 Å². The van der Waals surface area contributed by atoms with Crippen molar-refractivity contribution in [3.8, 4) is 0 Å². The minimum absolute atomic E-state index is 0.0254. The van der Waals surface area contributed by atoms with Crippen molar-refractivity contribution in [1.82, 2.24) is 9.55 Å². The van der Waals surface area contributed by atoms with Gasteiger partial charge in [0, 0.05) is 33.1 Å². The third-order valence-corrected chi connectivity index (χ3v) is 3.31. The van der Waals surface area contributed by atoms with E-state index < -0.39 is 0 Å². The van der Waals surface area contributed by atoms with Gasteiger partial charge in [0.05, 0.1) is 25.1 Å². The molecule has 0 aromatic carbocycles. The molecule has 0 unspecified atom stereocenters. The highest BCUT2D eigenvalue weighted by Gasteiger charge is 2.05. The number of rotatable bonds is 9. The maximum atomic E-state index is 9.02. The largest absolute Gasteiger partial charge is 0.390 e. The maximum absolute atomic E-state index is 9.02. The molecule has 1 rings (SSSR count). The van der Waals surface area contributed by atoms with Gasteiger partial charge in [-0.3, -0.25) is 0 Å². The van der Waals surface area contributed by atoms with Crippen LogP contribution in [-0.2, 0) is 23.1 Å². The third kappa shape index (κ3) is 5.08. The van der Waals surface area contributed by atoms with E-state index in [9.17, 15) is 0 Å². The minimum atomic E-state index is 0.0254. The van der Waals surface area contributed by atoms with E-state index in [4.69, 9.17) is 14.6 Å². The lowest BCUT2D eigenvalue weighted by molar-refractivity contribution is 0.113. The van der Waals surface area contributed by atoms with Crippen molar-refractivity contribution in [2.45, 2.75) is 18.2 Å². The Morgan fingerprint density at radius 2 is 2.24 bits per heavy atom. The minimum Gasteiger partial charge on any atom is -0.390 e. The van der Waals surface area contributed by atoms with Gasteiger partial charge in [-0.15, -0.1) is 0 Å². The Hall–Kier alpha value is -0.560. The Bertz CT molecular complexity index is 318. The average molecular weight is 260 g/mol. The first-order valence-electron chi connectivity index (χ1n) is 5.60. The van der Waals surface area contributed by atoms with Crippen molar-refractivity contribution < 1.29 is 14.6 Å². The van der Waals surface area contributed by atoms with Gasteiger partial charge < -0.3 is 19.1 Å². The van der Waals surface area contributed by atoms with E-state index in [2.05, 4.69) is 4.98 Å². The Kier molecular flexibility index (Phi) is 7.27. The number of methoxy groups -OCH3 is 1. The quantitative estimate of drug-likeness (QED) is 0.531. The number of aliphatic hydroxyl groups excluding tert-OH is 1. The highest BCUT2D eigenvalue weighted by atomic mass is 32.2. The van der Waals surface area contributed by atoms with Gasteiger partial charge >= 0.3 is 0 Å². The van der Waals surface area contributed by atoms with Crippen LogP contribution in [0.2, 0.25) is 0 Å². The van der Waals surface area contributed by atoms with Gasteiger partial charge in [0.25, 0.3) is 0 Å². The number of thioether (sulfide) groups is 1. The zero-order valence-electron chi connectivity index (χ0n) is 10.4. The van der Waals surface area contributed by atoms with Crippen molar-refractivity contribution in [3.05, 3.63) is 11.9 Å². The number of ether oxygens (including phenoxy) is 2. The van der Waals surface area contributed by atoms with Crippen LogP contribution in [0, 0.1) is 0 Å². The lowest BCUT2D eigenvalue weighted by atomic mass is 10.5. The van der Waals surface area contributed by atoms with Gasteiger partial charge in [-0.2, -0.15) is 0 Å². The Morgan fingerprint density at radius 3 is 2.88 bits per heavy atom. The van der Waals surface area contributed by atoms with Crippen LogP contribution >= 0.6 is 11.8 Å². The van der Waals surface area contributed by atoms with Crippen molar-refractivity contribution in [1.29, 1.82) is 0 Å². The van der Waals surface area contributed by atoms with Gasteiger partial charge in [0.2, 0.25) is 0 Å². The molecular formula is C11H20N2O3S. The molecule has 0 aliphatic rings. The highest BCUT2D eigenvalue weighted by Crippen LogP contribution is 2.16. The first kappa shape index (κ1) is 14.5. The molecule has 0 spiro atoms. The van der Waals surface area contributed by atoms with Gasteiger partial charge in [0.15, 0.2) is 5.16 Å². The second-order valence-corrected chi connectivity index (χ2v) is 4.62. The highest BCUT2D eigenvalue weighted by molar-refractivity contribution is 7.99. The molecule has 17 heavy (non-hydrogen) atoms. The van der Waals surface area contributed by atoms with E-state index in [0.717, 1.165) is 36.2 Å². The molecule has 0 radical (unpaired) electrons. The zero-order chi connectivity index (χ0) is 12.5. The van der Waals surface area contributed by atoms with Crippen LogP contribution < -0.4 is 0 Å². The Labute approximate surface area is 106 Å². The van der Waals surface area contributed by atoms with Crippen molar-refractivity contribution in [3.63, 3.8) is 0 Å². The van der Waals surface area contributed by atoms with Gasteiger partial charge in [-0.25, -0.2) is 4.98 Å². The summed E-state index contributed by atoms with van der Waals surface area (Å²) in [7, 11) is 3.59. The first-order chi connectivity index (χ1) is 8.29. The standard InChI is InChI=1S/C11H20N2O3S/c1-13-10(9-14)8-12-11(13)17-7-6-16-5-3-4-15-2/h8,14H,3-7,9H2,1-2H3. The Morgan fingerprint density at radius 1 is 1.41 bits per heavy atom. The van der Waals surface area contributed by atoms with E-state index in [-0.39, 0.29) is 6.61 Å². The van der Waals surface area contributed by atoms with Crippen LogP contribution in [0.25, 0.3) is 0 Å². The molecule has 1 N–H and O–H groups in total. The van der Waals surface area contributed by atoms with Crippen molar-refractivity contribution in [2.75, 3.05) is 32.7 Å². The molecule has 5 nitrogen and oxygen atoms in total. The van der Waals surface area contributed by atoms with Crippen LogP contribution in [0.4, 0.5) is 0 Å². The topological polar surface area (TPSA) is 56.5 Å². The second kappa shape index (κ2) is 8.52. The van der Waals surface area contributed by atoms with Crippen LogP contribution in [-0.4, -0.2) is 47.3 Å². The lowest BCUT2D eigenvalue weighted by Gasteiger charge is -2.05. The van der Waals surface area contributed by atoms with Crippen LogP contribution in [0.5, 0.6) is 0 Å². The number of hydrogen-bond donors (Lipinski definition) is 1.